The van der Waals surface area contributed by atoms with Gasteiger partial charge in [0, 0.05) is 19.0 Å². The van der Waals surface area contributed by atoms with Crippen molar-refractivity contribution < 1.29 is 23.9 Å². The number of amides is 1. The molecule has 0 aromatic rings. The van der Waals surface area contributed by atoms with E-state index in [9.17, 15) is 14.4 Å². The molecule has 0 aliphatic carbocycles. The summed E-state index contributed by atoms with van der Waals surface area (Å²) in [6, 6.07) is -0.297. The van der Waals surface area contributed by atoms with Crippen LogP contribution in [0.1, 0.15) is 52.9 Å². The van der Waals surface area contributed by atoms with Crippen LogP contribution in [0.15, 0.2) is 0 Å². The number of likely N-dealkylation sites (tertiary alicyclic amines) is 1. The molecule has 1 aliphatic heterocycles. The maximum absolute atomic E-state index is 12.3. The predicted octanol–water partition coefficient (Wildman–Crippen LogP) is 2.30. The van der Waals surface area contributed by atoms with Crippen molar-refractivity contribution >= 4 is 17.8 Å². The second-order valence-electron chi connectivity index (χ2n) is 6.30. The highest BCUT2D eigenvalue weighted by Gasteiger charge is 2.32. The molecule has 21 heavy (non-hydrogen) atoms. The van der Waals surface area contributed by atoms with Crippen LogP contribution in [0.4, 0.5) is 4.79 Å². The maximum atomic E-state index is 12.3. The Hall–Kier alpha value is -1.59. The highest BCUT2D eigenvalue weighted by atomic mass is 16.6. The molecule has 1 amide bonds. The maximum Gasteiger partial charge on any atom is 0.410 e. The lowest BCUT2D eigenvalue weighted by molar-refractivity contribution is -0.152. The summed E-state index contributed by atoms with van der Waals surface area (Å²) >= 11 is 0. The third-order valence-corrected chi connectivity index (χ3v) is 3.34. The SMILES string of the molecule is COC(=O)C(=O)CC1CCCCCN1C(=O)OC(C)(C)C. The fourth-order valence-corrected chi connectivity index (χ4v) is 2.36. The zero-order valence-electron chi connectivity index (χ0n) is 13.3. The van der Waals surface area contributed by atoms with Gasteiger partial charge in [0.05, 0.1) is 7.11 Å². The number of ether oxygens (including phenoxy) is 2. The van der Waals surface area contributed by atoms with Crippen LogP contribution in [-0.2, 0) is 19.1 Å². The molecule has 1 rings (SSSR count). The van der Waals surface area contributed by atoms with Gasteiger partial charge >= 0.3 is 12.1 Å². The molecule has 0 saturated carbocycles. The molecular formula is C15H25NO5. The standard InChI is InChI=1S/C15H25NO5/c1-15(2,3)21-14(19)16-9-7-5-6-8-11(16)10-12(17)13(18)20-4/h11H,5-10H2,1-4H3. The lowest BCUT2D eigenvalue weighted by Gasteiger charge is -2.31. The first-order chi connectivity index (χ1) is 9.74. The molecule has 1 atom stereocenters. The van der Waals surface area contributed by atoms with Gasteiger partial charge in [0.1, 0.15) is 5.60 Å². The van der Waals surface area contributed by atoms with Gasteiger partial charge in [0.15, 0.2) is 0 Å². The second kappa shape index (κ2) is 7.43. The Labute approximate surface area is 125 Å². The first-order valence-electron chi connectivity index (χ1n) is 7.35. The Morgan fingerprint density at radius 3 is 2.38 bits per heavy atom. The van der Waals surface area contributed by atoms with Gasteiger partial charge in [-0.25, -0.2) is 9.59 Å². The van der Waals surface area contributed by atoms with Crippen LogP contribution in [0.3, 0.4) is 0 Å². The fraction of sp³-hybridized carbons (Fsp3) is 0.800. The summed E-state index contributed by atoms with van der Waals surface area (Å²) in [5.74, 6) is -1.46. The number of ketones is 1. The van der Waals surface area contributed by atoms with Crippen LogP contribution in [0, 0.1) is 0 Å². The van der Waals surface area contributed by atoms with E-state index in [0.717, 1.165) is 19.3 Å². The van der Waals surface area contributed by atoms with E-state index < -0.39 is 23.4 Å². The number of esters is 1. The Bertz CT molecular complexity index is 399. The average Bonchev–Trinajstić information content (AvgIpc) is 2.61. The summed E-state index contributed by atoms with van der Waals surface area (Å²) in [6.45, 7) is 5.96. The first kappa shape index (κ1) is 17.5. The van der Waals surface area contributed by atoms with Gasteiger partial charge in [0.2, 0.25) is 5.78 Å². The Kier molecular flexibility index (Phi) is 6.18. The molecule has 6 heteroatoms. The van der Waals surface area contributed by atoms with Gasteiger partial charge in [0.25, 0.3) is 0 Å². The van der Waals surface area contributed by atoms with Crippen molar-refractivity contribution in [1.29, 1.82) is 0 Å². The Morgan fingerprint density at radius 1 is 1.14 bits per heavy atom. The smallest absolute Gasteiger partial charge is 0.410 e. The van der Waals surface area contributed by atoms with Crippen LogP contribution in [0.2, 0.25) is 0 Å². The van der Waals surface area contributed by atoms with Gasteiger partial charge in [-0.2, -0.15) is 0 Å². The van der Waals surface area contributed by atoms with Crippen molar-refractivity contribution in [2.75, 3.05) is 13.7 Å². The number of carbonyl (C=O) groups is 3. The number of nitrogens with zero attached hydrogens (tertiary/aromatic N) is 1. The molecule has 120 valence electrons. The van der Waals surface area contributed by atoms with Gasteiger partial charge in [-0.05, 0) is 33.6 Å². The minimum absolute atomic E-state index is 0.00802. The van der Waals surface area contributed by atoms with Crippen LogP contribution in [0.25, 0.3) is 0 Å². The molecule has 1 heterocycles. The van der Waals surface area contributed by atoms with Crippen molar-refractivity contribution in [1.82, 2.24) is 4.90 Å². The van der Waals surface area contributed by atoms with Crippen LogP contribution in [0.5, 0.6) is 0 Å². The predicted molar refractivity (Wildman–Crippen MR) is 76.8 cm³/mol. The van der Waals surface area contributed by atoms with E-state index in [-0.39, 0.29) is 12.5 Å². The van der Waals surface area contributed by atoms with Gasteiger partial charge in [-0.3, -0.25) is 4.79 Å². The third-order valence-electron chi connectivity index (χ3n) is 3.34. The largest absolute Gasteiger partial charge is 0.463 e. The number of methoxy groups -OCH3 is 1. The zero-order valence-corrected chi connectivity index (χ0v) is 13.3. The number of carbonyl (C=O) groups excluding carboxylic acids is 3. The monoisotopic (exact) mass is 299 g/mol. The van der Waals surface area contributed by atoms with Crippen molar-refractivity contribution in [2.45, 2.75) is 64.5 Å². The van der Waals surface area contributed by atoms with Gasteiger partial charge in [-0.1, -0.05) is 12.8 Å². The van der Waals surface area contributed by atoms with Gasteiger partial charge in [-0.15, -0.1) is 0 Å². The molecule has 0 spiro atoms. The second-order valence-corrected chi connectivity index (χ2v) is 6.30. The highest BCUT2D eigenvalue weighted by molar-refractivity contribution is 6.33. The summed E-state index contributed by atoms with van der Waals surface area (Å²) in [4.78, 5) is 36.9. The molecule has 1 unspecified atom stereocenters. The molecule has 0 N–H and O–H groups in total. The minimum Gasteiger partial charge on any atom is -0.463 e. The summed E-state index contributed by atoms with van der Waals surface area (Å²) < 4.78 is 9.83. The van der Waals surface area contributed by atoms with E-state index in [0.29, 0.717) is 13.0 Å². The van der Waals surface area contributed by atoms with Crippen molar-refractivity contribution in [2.24, 2.45) is 0 Å². The summed E-state index contributed by atoms with van der Waals surface area (Å²) in [5, 5.41) is 0. The summed E-state index contributed by atoms with van der Waals surface area (Å²) in [7, 11) is 1.18. The Balaban J connectivity index is 2.78. The Morgan fingerprint density at radius 2 is 1.81 bits per heavy atom. The molecule has 6 nitrogen and oxygen atoms in total. The third kappa shape index (κ3) is 5.73. The van der Waals surface area contributed by atoms with E-state index in [1.807, 2.05) is 0 Å². The number of rotatable bonds is 3. The molecule has 0 bridgehead atoms. The highest BCUT2D eigenvalue weighted by Crippen LogP contribution is 2.22. The zero-order chi connectivity index (χ0) is 16.0. The quantitative estimate of drug-likeness (QED) is 0.590. The average molecular weight is 299 g/mol. The molecular weight excluding hydrogens is 274 g/mol. The van der Waals surface area contributed by atoms with Gasteiger partial charge < -0.3 is 14.4 Å². The minimum atomic E-state index is -0.858. The number of hydrogen-bond acceptors (Lipinski definition) is 5. The normalized spacial score (nSPS) is 19.6. The molecule has 1 aliphatic rings. The van der Waals surface area contributed by atoms with E-state index in [1.165, 1.54) is 7.11 Å². The lowest BCUT2D eigenvalue weighted by atomic mass is 10.0. The van der Waals surface area contributed by atoms with E-state index in [4.69, 9.17) is 4.74 Å². The first-order valence-corrected chi connectivity index (χ1v) is 7.35. The molecule has 1 saturated heterocycles. The summed E-state index contributed by atoms with van der Waals surface area (Å²) in [5.41, 5.74) is -0.583. The topological polar surface area (TPSA) is 72.9 Å². The number of hydrogen-bond donors (Lipinski definition) is 0. The molecule has 0 aromatic carbocycles. The fourth-order valence-electron chi connectivity index (χ4n) is 2.36. The molecule has 1 fully saturated rings. The lowest BCUT2D eigenvalue weighted by Crippen LogP contribution is -2.44. The van der Waals surface area contributed by atoms with Crippen molar-refractivity contribution in [3.63, 3.8) is 0 Å². The van der Waals surface area contributed by atoms with E-state index in [1.54, 1.807) is 25.7 Å². The number of Topliss-reactive ketones (excluding diaryl/α,β-unsaturated/α-hetero) is 1. The molecule has 0 aromatic heterocycles. The van der Waals surface area contributed by atoms with E-state index in [2.05, 4.69) is 4.74 Å². The van der Waals surface area contributed by atoms with Crippen molar-refractivity contribution in [3.05, 3.63) is 0 Å². The van der Waals surface area contributed by atoms with Crippen LogP contribution in [-0.4, -0.2) is 48.0 Å². The van der Waals surface area contributed by atoms with Crippen LogP contribution >= 0.6 is 0 Å². The van der Waals surface area contributed by atoms with Crippen molar-refractivity contribution in [3.8, 4) is 0 Å². The van der Waals surface area contributed by atoms with E-state index >= 15 is 0 Å². The summed E-state index contributed by atoms with van der Waals surface area (Å²) in [6.07, 6.45) is 3.07. The molecule has 0 radical (unpaired) electrons. The van der Waals surface area contributed by atoms with Crippen LogP contribution < -0.4 is 0 Å².